The van der Waals surface area contributed by atoms with Gasteiger partial charge in [0, 0.05) is 0 Å². The fourth-order valence-corrected chi connectivity index (χ4v) is 2.18. The lowest BCUT2D eigenvalue weighted by Crippen LogP contribution is -2.16. The lowest BCUT2D eigenvalue weighted by atomic mass is 10.1. The van der Waals surface area contributed by atoms with Crippen LogP contribution in [0.2, 0.25) is 0 Å². The number of hydrogen-bond donors (Lipinski definition) is 1. The largest absolute Gasteiger partial charge is 0.491 e. The van der Waals surface area contributed by atoms with Gasteiger partial charge in [-0.3, -0.25) is 4.79 Å². The molecule has 0 fully saturated rings. The average Bonchev–Trinajstić information content (AvgIpc) is 2.68. The third kappa shape index (κ3) is 3.85. The second-order valence-corrected chi connectivity index (χ2v) is 5.31. The van der Waals surface area contributed by atoms with Gasteiger partial charge in [-0.2, -0.15) is 4.39 Å². The Kier molecular flexibility index (Phi) is 5.39. The topological polar surface area (TPSA) is 73.3 Å². The minimum Gasteiger partial charge on any atom is -0.491 e. The third-order valence-corrected chi connectivity index (χ3v) is 3.49. The van der Waals surface area contributed by atoms with Gasteiger partial charge >= 0.3 is 6.01 Å². The molecule has 0 aliphatic heterocycles. The maximum atomic E-state index is 14.1. The van der Waals surface area contributed by atoms with E-state index in [1.807, 2.05) is 0 Å². The molecule has 0 saturated heterocycles. The Morgan fingerprint density at radius 2 is 1.68 bits per heavy atom. The van der Waals surface area contributed by atoms with E-state index in [2.05, 4.69) is 20.0 Å². The van der Waals surface area contributed by atoms with Gasteiger partial charge in [-0.15, -0.1) is 0 Å². The number of methoxy groups -OCH3 is 1. The molecule has 0 aliphatic rings. The summed E-state index contributed by atoms with van der Waals surface area (Å²) in [6.07, 6.45) is 2.21. The van der Waals surface area contributed by atoms with E-state index in [1.165, 1.54) is 18.2 Å². The number of rotatable bonds is 5. The average molecular weight is 393 g/mol. The molecule has 0 bridgehead atoms. The van der Waals surface area contributed by atoms with Crippen molar-refractivity contribution in [3.05, 3.63) is 71.6 Å². The van der Waals surface area contributed by atoms with Gasteiger partial charge in [0.15, 0.2) is 29.0 Å². The number of ether oxygens (including phenoxy) is 2. The van der Waals surface area contributed by atoms with Crippen molar-refractivity contribution in [3.8, 4) is 17.5 Å². The zero-order valence-corrected chi connectivity index (χ0v) is 14.2. The molecule has 1 aromatic heterocycles. The summed E-state index contributed by atoms with van der Waals surface area (Å²) < 4.78 is 64.2. The first kappa shape index (κ1) is 19.1. The molecule has 1 amide bonds. The number of halogens is 4. The van der Waals surface area contributed by atoms with Gasteiger partial charge in [0.1, 0.15) is 0 Å². The van der Waals surface area contributed by atoms with Gasteiger partial charge in [-0.05, 0) is 18.2 Å². The molecular weight excluding hydrogens is 382 g/mol. The molecule has 10 heteroatoms. The van der Waals surface area contributed by atoms with Crippen molar-refractivity contribution in [2.75, 3.05) is 12.4 Å². The highest BCUT2D eigenvalue weighted by Crippen LogP contribution is 2.27. The van der Waals surface area contributed by atoms with Crippen LogP contribution in [0.5, 0.6) is 17.5 Å². The van der Waals surface area contributed by atoms with Crippen LogP contribution in [-0.4, -0.2) is 23.0 Å². The molecule has 3 aromatic rings. The van der Waals surface area contributed by atoms with Crippen LogP contribution in [0, 0.1) is 23.3 Å². The minimum absolute atomic E-state index is 0.00832. The summed E-state index contributed by atoms with van der Waals surface area (Å²) in [6.45, 7) is 0. The van der Waals surface area contributed by atoms with E-state index in [1.54, 1.807) is 6.07 Å². The predicted molar refractivity (Wildman–Crippen MR) is 89.3 cm³/mol. The molecule has 0 saturated carbocycles. The maximum absolute atomic E-state index is 14.1. The number of nitrogens with zero attached hydrogens (tertiary/aromatic N) is 2. The van der Waals surface area contributed by atoms with Crippen molar-refractivity contribution in [2.24, 2.45) is 0 Å². The molecule has 28 heavy (non-hydrogen) atoms. The molecule has 1 N–H and O–H groups in total. The second kappa shape index (κ2) is 7.91. The Labute approximate surface area is 155 Å². The number of amides is 1. The molecule has 0 aliphatic carbocycles. The summed E-state index contributed by atoms with van der Waals surface area (Å²) >= 11 is 0. The van der Waals surface area contributed by atoms with Gasteiger partial charge in [-0.25, -0.2) is 23.1 Å². The lowest BCUT2D eigenvalue weighted by molar-refractivity contribution is 0.102. The molecule has 3 rings (SSSR count). The summed E-state index contributed by atoms with van der Waals surface area (Å²) in [5.41, 5.74) is -0.767. The van der Waals surface area contributed by atoms with E-state index in [0.29, 0.717) is 6.07 Å². The van der Waals surface area contributed by atoms with E-state index < -0.39 is 40.5 Å². The number of para-hydroxylation sites is 1. The number of hydrogen-bond acceptors (Lipinski definition) is 5. The van der Waals surface area contributed by atoms with Crippen molar-refractivity contribution in [3.63, 3.8) is 0 Å². The second-order valence-electron chi connectivity index (χ2n) is 5.31. The first-order chi connectivity index (χ1) is 13.4. The van der Waals surface area contributed by atoms with Gasteiger partial charge < -0.3 is 14.8 Å². The zero-order valence-electron chi connectivity index (χ0n) is 14.2. The monoisotopic (exact) mass is 393 g/mol. The van der Waals surface area contributed by atoms with Crippen LogP contribution < -0.4 is 14.8 Å². The number of carbonyl (C=O) groups excluding carboxylic acids is 1. The van der Waals surface area contributed by atoms with Crippen molar-refractivity contribution in [1.29, 1.82) is 0 Å². The number of aromatic nitrogens is 2. The quantitative estimate of drug-likeness (QED) is 0.522. The van der Waals surface area contributed by atoms with Crippen molar-refractivity contribution < 1.29 is 31.8 Å². The number of nitrogens with one attached hydrogen (secondary N) is 1. The first-order valence-electron chi connectivity index (χ1n) is 7.68. The molecule has 0 atom stereocenters. The standard InChI is InChI=1S/C18H11F4N3O3/c1-27-16-14(21)10(6-12(20)15(16)22)17(26)25-9-7-23-18(24-8-9)28-13-5-3-2-4-11(13)19/h2-8H,1H3,(H,25,26). The first-order valence-corrected chi connectivity index (χ1v) is 7.68. The summed E-state index contributed by atoms with van der Waals surface area (Å²) in [7, 11) is 0.935. The molecule has 6 nitrogen and oxygen atoms in total. The van der Waals surface area contributed by atoms with E-state index in [0.717, 1.165) is 19.5 Å². The van der Waals surface area contributed by atoms with Crippen LogP contribution in [0.4, 0.5) is 23.2 Å². The van der Waals surface area contributed by atoms with Crippen LogP contribution in [0.1, 0.15) is 10.4 Å². The Bertz CT molecular complexity index is 1030. The van der Waals surface area contributed by atoms with Crippen molar-refractivity contribution in [2.45, 2.75) is 0 Å². The summed E-state index contributed by atoms with van der Waals surface area (Å²) in [5.74, 6) is -7.18. The Morgan fingerprint density at radius 1 is 1.00 bits per heavy atom. The highest BCUT2D eigenvalue weighted by atomic mass is 19.2. The Balaban J connectivity index is 1.77. The van der Waals surface area contributed by atoms with E-state index >= 15 is 0 Å². The summed E-state index contributed by atoms with van der Waals surface area (Å²) in [5, 5.41) is 2.22. The van der Waals surface area contributed by atoms with E-state index in [-0.39, 0.29) is 17.4 Å². The normalized spacial score (nSPS) is 10.5. The lowest BCUT2D eigenvalue weighted by Gasteiger charge is -2.10. The SMILES string of the molecule is COc1c(F)c(F)cc(C(=O)Nc2cnc(Oc3ccccc3F)nc2)c1F. The van der Waals surface area contributed by atoms with Crippen LogP contribution >= 0.6 is 0 Å². The van der Waals surface area contributed by atoms with Crippen molar-refractivity contribution in [1.82, 2.24) is 9.97 Å². The zero-order chi connectivity index (χ0) is 20.3. The summed E-state index contributed by atoms with van der Waals surface area (Å²) in [6, 6.07) is 5.79. The van der Waals surface area contributed by atoms with E-state index in [9.17, 15) is 22.4 Å². The predicted octanol–water partition coefficient (Wildman–Crippen LogP) is 4.09. The van der Waals surface area contributed by atoms with Gasteiger partial charge in [0.05, 0.1) is 30.8 Å². The van der Waals surface area contributed by atoms with Crippen LogP contribution in [0.15, 0.2) is 42.7 Å². The van der Waals surface area contributed by atoms with Gasteiger partial charge in [0.25, 0.3) is 5.91 Å². The van der Waals surface area contributed by atoms with Gasteiger partial charge in [0.2, 0.25) is 5.82 Å². The maximum Gasteiger partial charge on any atom is 0.322 e. The molecule has 1 heterocycles. The number of anilines is 1. The minimum atomic E-state index is -1.55. The molecule has 0 spiro atoms. The highest BCUT2D eigenvalue weighted by Gasteiger charge is 2.23. The number of benzene rings is 2. The van der Waals surface area contributed by atoms with E-state index in [4.69, 9.17) is 4.74 Å². The highest BCUT2D eigenvalue weighted by molar-refractivity contribution is 6.04. The third-order valence-electron chi connectivity index (χ3n) is 3.49. The molecule has 2 aromatic carbocycles. The Hall–Kier alpha value is -3.69. The van der Waals surface area contributed by atoms with Crippen LogP contribution in [-0.2, 0) is 0 Å². The van der Waals surface area contributed by atoms with Crippen LogP contribution in [0.25, 0.3) is 0 Å². The molecule has 0 radical (unpaired) electrons. The molecule has 144 valence electrons. The van der Waals surface area contributed by atoms with Crippen LogP contribution in [0.3, 0.4) is 0 Å². The van der Waals surface area contributed by atoms with Gasteiger partial charge in [-0.1, -0.05) is 12.1 Å². The summed E-state index contributed by atoms with van der Waals surface area (Å²) in [4.78, 5) is 19.7. The van der Waals surface area contributed by atoms with Crippen molar-refractivity contribution >= 4 is 11.6 Å². The molecule has 0 unspecified atom stereocenters. The number of carbonyl (C=O) groups is 1. The fourth-order valence-electron chi connectivity index (χ4n) is 2.18. The Morgan fingerprint density at radius 3 is 2.32 bits per heavy atom. The fraction of sp³-hybridized carbons (Fsp3) is 0.0556. The molecular formula is C18H11F4N3O3. The smallest absolute Gasteiger partial charge is 0.322 e.